The lowest BCUT2D eigenvalue weighted by Gasteiger charge is -2.41. The third kappa shape index (κ3) is 3.90. The molecule has 0 bridgehead atoms. The monoisotopic (exact) mass is 372 g/mol. The molecule has 3 nitrogen and oxygen atoms in total. The fraction of sp³-hybridized carbons (Fsp3) is 0.650. The molecule has 0 aliphatic heterocycles. The van der Waals surface area contributed by atoms with E-state index in [9.17, 15) is 18.0 Å². The van der Waals surface area contributed by atoms with Gasteiger partial charge in [0, 0.05) is 18.6 Å². The van der Waals surface area contributed by atoms with Crippen LogP contribution in [0.1, 0.15) is 52.0 Å². The zero-order chi connectivity index (χ0) is 19.6. The van der Waals surface area contributed by atoms with Crippen LogP contribution in [-0.2, 0) is 19.9 Å². The molecule has 0 N–H and O–H groups in total. The van der Waals surface area contributed by atoms with E-state index in [1.807, 2.05) is 20.8 Å². The van der Waals surface area contributed by atoms with Gasteiger partial charge in [-0.3, -0.25) is 0 Å². The van der Waals surface area contributed by atoms with Crippen LogP contribution in [0.25, 0.3) is 0 Å². The van der Waals surface area contributed by atoms with E-state index in [-0.39, 0.29) is 16.9 Å². The van der Waals surface area contributed by atoms with Crippen LogP contribution < -0.4 is 0 Å². The fourth-order valence-electron chi connectivity index (χ4n) is 3.84. The molecule has 26 heavy (non-hydrogen) atoms. The number of ether oxygens (including phenoxy) is 2. The van der Waals surface area contributed by atoms with E-state index >= 15 is 0 Å². The highest BCUT2D eigenvalue weighted by Gasteiger charge is 2.64. The second kappa shape index (κ2) is 7.59. The molecule has 1 aliphatic rings. The maximum absolute atomic E-state index is 14.0. The van der Waals surface area contributed by atoms with Crippen molar-refractivity contribution in [2.75, 3.05) is 7.11 Å². The number of alkyl halides is 3. The van der Waals surface area contributed by atoms with E-state index < -0.39 is 23.9 Å². The van der Waals surface area contributed by atoms with Crippen molar-refractivity contribution >= 4 is 5.97 Å². The molecule has 0 heterocycles. The van der Waals surface area contributed by atoms with Gasteiger partial charge in [-0.1, -0.05) is 57.5 Å². The maximum Gasteiger partial charge on any atom is 0.432 e. The van der Waals surface area contributed by atoms with Crippen molar-refractivity contribution in [2.24, 2.45) is 11.3 Å². The average Bonchev–Trinajstić information content (AvgIpc) is 2.55. The smallest absolute Gasteiger partial charge is 0.432 e. The Morgan fingerprint density at radius 2 is 1.62 bits per heavy atom. The summed E-state index contributed by atoms with van der Waals surface area (Å²) in [7, 11) is 0.893. The Balaban J connectivity index is 2.38. The number of halogens is 3. The van der Waals surface area contributed by atoms with E-state index in [0.717, 1.165) is 26.4 Å². The molecule has 0 spiro atoms. The predicted molar refractivity (Wildman–Crippen MR) is 92.5 cm³/mol. The van der Waals surface area contributed by atoms with Crippen LogP contribution in [0.2, 0.25) is 0 Å². The second-order valence-corrected chi connectivity index (χ2v) is 7.95. The first-order valence-corrected chi connectivity index (χ1v) is 8.92. The van der Waals surface area contributed by atoms with Gasteiger partial charge in [-0.25, -0.2) is 4.79 Å². The molecule has 2 unspecified atom stereocenters. The molecular weight excluding hydrogens is 345 g/mol. The maximum atomic E-state index is 14.0. The highest BCUT2D eigenvalue weighted by molar-refractivity contribution is 5.82. The minimum atomic E-state index is -4.94. The van der Waals surface area contributed by atoms with E-state index in [1.54, 1.807) is 6.07 Å². The first-order chi connectivity index (χ1) is 12.0. The van der Waals surface area contributed by atoms with Crippen LogP contribution in [0, 0.1) is 11.3 Å². The highest BCUT2D eigenvalue weighted by atomic mass is 19.4. The van der Waals surface area contributed by atoms with E-state index in [2.05, 4.69) is 0 Å². The van der Waals surface area contributed by atoms with Crippen molar-refractivity contribution in [2.45, 2.75) is 64.3 Å². The number of esters is 1. The molecule has 0 aromatic heterocycles. The van der Waals surface area contributed by atoms with E-state index in [4.69, 9.17) is 9.47 Å². The number of carbonyl (C=O) groups excluding carboxylic acids is 1. The molecule has 2 rings (SSSR count). The van der Waals surface area contributed by atoms with Crippen LogP contribution >= 0.6 is 0 Å². The van der Waals surface area contributed by atoms with Crippen LogP contribution in [0.3, 0.4) is 0 Å². The summed E-state index contributed by atoms with van der Waals surface area (Å²) in [6.45, 7) is 6.07. The normalized spacial score (nSPS) is 24.0. The van der Waals surface area contributed by atoms with Crippen molar-refractivity contribution < 1.29 is 27.4 Å². The molecule has 0 radical (unpaired) electrons. The molecule has 0 amide bonds. The summed E-state index contributed by atoms with van der Waals surface area (Å²) in [4.78, 5) is 12.8. The van der Waals surface area contributed by atoms with Gasteiger partial charge >= 0.3 is 12.1 Å². The molecule has 1 aliphatic carbocycles. The van der Waals surface area contributed by atoms with Crippen LogP contribution in [0.5, 0.6) is 0 Å². The Morgan fingerprint density at radius 3 is 2.12 bits per heavy atom. The fourth-order valence-corrected chi connectivity index (χ4v) is 3.84. The first kappa shape index (κ1) is 20.7. The van der Waals surface area contributed by atoms with Gasteiger partial charge in [0.05, 0.1) is 0 Å². The van der Waals surface area contributed by atoms with Crippen molar-refractivity contribution in [1.82, 2.24) is 0 Å². The highest BCUT2D eigenvalue weighted by Crippen LogP contribution is 2.45. The Labute approximate surface area is 152 Å². The zero-order valence-electron chi connectivity index (χ0n) is 15.7. The van der Waals surface area contributed by atoms with Gasteiger partial charge in [0.25, 0.3) is 5.60 Å². The standard InChI is InChI=1S/C20H27F3O3/c1-18(2,3)15-12-8-9-13-16(15)26-17(24)19(25-4,20(21,22)23)14-10-6-5-7-11-14/h5-7,10-11,15-16H,8-9,12-13H2,1-4H3/t15?,16?,19-/m1/s1. The zero-order valence-corrected chi connectivity index (χ0v) is 15.7. The number of hydrogen-bond acceptors (Lipinski definition) is 3. The molecule has 0 saturated heterocycles. The Kier molecular flexibility index (Phi) is 6.06. The van der Waals surface area contributed by atoms with Gasteiger partial charge in [0.15, 0.2) is 0 Å². The molecule has 1 aromatic rings. The molecule has 1 saturated carbocycles. The lowest BCUT2D eigenvalue weighted by molar-refractivity contribution is -0.280. The molecule has 6 heteroatoms. The summed E-state index contributed by atoms with van der Waals surface area (Å²) in [5.41, 5.74) is -3.55. The van der Waals surface area contributed by atoms with Crippen molar-refractivity contribution in [1.29, 1.82) is 0 Å². The van der Waals surface area contributed by atoms with Gasteiger partial charge in [-0.05, 0) is 24.7 Å². The van der Waals surface area contributed by atoms with E-state index in [0.29, 0.717) is 6.42 Å². The Hall–Kier alpha value is -1.56. The number of carbonyl (C=O) groups is 1. The van der Waals surface area contributed by atoms with E-state index in [1.165, 1.54) is 24.3 Å². The van der Waals surface area contributed by atoms with Gasteiger partial charge in [0.1, 0.15) is 6.10 Å². The summed E-state index contributed by atoms with van der Waals surface area (Å²) in [6, 6.07) is 6.95. The van der Waals surface area contributed by atoms with Crippen molar-refractivity contribution in [3.05, 3.63) is 35.9 Å². The largest absolute Gasteiger partial charge is 0.459 e. The SMILES string of the molecule is CO[C@@](C(=O)OC1CCCCC1C(C)(C)C)(c1ccccc1)C(F)(F)F. The lowest BCUT2D eigenvalue weighted by Crippen LogP contribution is -2.53. The third-order valence-corrected chi connectivity index (χ3v) is 5.25. The molecule has 3 atom stereocenters. The summed E-state index contributed by atoms with van der Waals surface area (Å²) in [5.74, 6) is -1.38. The Bertz CT molecular complexity index is 607. The van der Waals surface area contributed by atoms with Gasteiger partial charge in [-0.2, -0.15) is 13.2 Å². The number of hydrogen-bond donors (Lipinski definition) is 0. The van der Waals surface area contributed by atoms with Gasteiger partial charge in [-0.15, -0.1) is 0 Å². The topological polar surface area (TPSA) is 35.5 Å². The lowest BCUT2D eigenvalue weighted by atomic mass is 9.70. The molecular formula is C20H27F3O3. The minimum Gasteiger partial charge on any atom is -0.459 e. The van der Waals surface area contributed by atoms with Gasteiger partial charge < -0.3 is 9.47 Å². The van der Waals surface area contributed by atoms with Crippen molar-refractivity contribution in [3.8, 4) is 0 Å². The quantitative estimate of drug-likeness (QED) is 0.678. The number of rotatable bonds is 4. The van der Waals surface area contributed by atoms with Crippen LogP contribution in [0.4, 0.5) is 13.2 Å². The third-order valence-electron chi connectivity index (χ3n) is 5.25. The van der Waals surface area contributed by atoms with Gasteiger partial charge in [0.2, 0.25) is 0 Å². The van der Waals surface area contributed by atoms with Crippen molar-refractivity contribution in [3.63, 3.8) is 0 Å². The number of benzene rings is 1. The Morgan fingerprint density at radius 1 is 1.04 bits per heavy atom. The second-order valence-electron chi connectivity index (χ2n) is 7.95. The number of methoxy groups -OCH3 is 1. The minimum absolute atomic E-state index is 0.0127. The molecule has 146 valence electrons. The first-order valence-electron chi connectivity index (χ1n) is 8.92. The molecule has 1 fully saturated rings. The average molecular weight is 372 g/mol. The predicted octanol–water partition coefficient (Wildman–Crippen LogP) is 5.24. The summed E-state index contributed by atoms with van der Waals surface area (Å²) >= 11 is 0. The summed E-state index contributed by atoms with van der Waals surface area (Å²) in [6.07, 6.45) is -2.26. The summed E-state index contributed by atoms with van der Waals surface area (Å²) < 4.78 is 52.2. The van der Waals surface area contributed by atoms with Crippen LogP contribution in [-0.4, -0.2) is 25.4 Å². The van der Waals surface area contributed by atoms with Crippen LogP contribution in [0.15, 0.2) is 30.3 Å². The summed E-state index contributed by atoms with van der Waals surface area (Å²) in [5, 5.41) is 0. The molecule has 1 aromatic carbocycles.